The fourth-order valence-electron chi connectivity index (χ4n) is 4.35. The SMILES string of the molecule is CCCS(=O)(=O)N1CCC(NC(=O)Nc2ccc(N3CCc4ccccc43)cc2)CC1. The zero-order valence-corrected chi connectivity index (χ0v) is 18.7. The molecule has 0 aliphatic carbocycles. The topological polar surface area (TPSA) is 81.8 Å². The molecule has 2 aliphatic heterocycles. The number of rotatable bonds is 6. The van der Waals surface area contributed by atoms with Gasteiger partial charge in [0.2, 0.25) is 10.0 Å². The smallest absolute Gasteiger partial charge is 0.319 e. The van der Waals surface area contributed by atoms with Gasteiger partial charge in [-0.15, -0.1) is 0 Å². The Balaban J connectivity index is 1.28. The molecular weight excluding hydrogens is 412 g/mol. The highest BCUT2D eigenvalue weighted by molar-refractivity contribution is 7.89. The number of nitrogens with zero attached hydrogens (tertiary/aromatic N) is 2. The van der Waals surface area contributed by atoms with Gasteiger partial charge in [0.1, 0.15) is 0 Å². The van der Waals surface area contributed by atoms with E-state index in [4.69, 9.17) is 0 Å². The molecule has 166 valence electrons. The molecule has 1 saturated heterocycles. The number of fused-ring (bicyclic) bond motifs is 1. The van der Waals surface area contributed by atoms with Crippen molar-refractivity contribution in [1.82, 2.24) is 9.62 Å². The first kappa shape index (κ1) is 21.6. The predicted octanol–water partition coefficient (Wildman–Crippen LogP) is 3.71. The second-order valence-electron chi connectivity index (χ2n) is 8.17. The van der Waals surface area contributed by atoms with Crippen molar-refractivity contribution in [3.63, 3.8) is 0 Å². The summed E-state index contributed by atoms with van der Waals surface area (Å²) in [6, 6.07) is 16.0. The summed E-state index contributed by atoms with van der Waals surface area (Å²) in [4.78, 5) is 14.7. The van der Waals surface area contributed by atoms with Crippen molar-refractivity contribution in [3.05, 3.63) is 54.1 Å². The number of hydrogen-bond donors (Lipinski definition) is 2. The molecule has 2 amide bonds. The van der Waals surface area contributed by atoms with Gasteiger partial charge in [-0.2, -0.15) is 0 Å². The minimum absolute atomic E-state index is 0.0200. The minimum Gasteiger partial charge on any atom is -0.341 e. The average Bonchev–Trinajstić information content (AvgIpc) is 3.19. The summed E-state index contributed by atoms with van der Waals surface area (Å²) in [5.74, 6) is 0.185. The molecule has 31 heavy (non-hydrogen) atoms. The van der Waals surface area contributed by atoms with Crippen LogP contribution in [-0.2, 0) is 16.4 Å². The van der Waals surface area contributed by atoms with E-state index >= 15 is 0 Å². The third-order valence-corrected chi connectivity index (χ3v) is 8.04. The van der Waals surface area contributed by atoms with Crippen LogP contribution < -0.4 is 15.5 Å². The number of carbonyl (C=O) groups is 1. The molecule has 2 aliphatic rings. The Labute approximate surface area is 184 Å². The van der Waals surface area contributed by atoms with E-state index in [0.29, 0.717) is 32.4 Å². The van der Waals surface area contributed by atoms with Crippen LogP contribution in [0, 0.1) is 0 Å². The van der Waals surface area contributed by atoms with E-state index in [1.54, 1.807) is 4.31 Å². The molecule has 2 heterocycles. The molecule has 2 aromatic carbocycles. The standard InChI is InChI=1S/C23H30N4O3S/c1-2-17-31(29,30)26-14-12-20(13-15-26)25-23(28)24-19-7-9-21(10-8-19)27-16-11-18-5-3-4-6-22(18)27/h3-10,20H,2,11-17H2,1H3,(H2,24,25,28). The van der Waals surface area contributed by atoms with Crippen molar-refractivity contribution in [3.8, 4) is 0 Å². The second-order valence-corrected chi connectivity index (χ2v) is 10.3. The number of sulfonamides is 1. The third kappa shape index (κ3) is 5.02. The third-order valence-electron chi connectivity index (χ3n) is 5.97. The van der Waals surface area contributed by atoms with Gasteiger partial charge in [-0.3, -0.25) is 0 Å². The molecule has 0 unspecified atom stereocenters. The summed E-state index contributed by atoms with van der Waals surface area (Å²) in [6.45, 7) is 3.74. The predicted molar refractivity (Wildman–Crippen MR) is 124 cm³/mol. The molecule has 8 heteroatoms. The van der Waals surface area contributed by atoms with E-state index in [0.717, 1.165) is 24.3 Å². The Morgan fingerprint density at radius 2 is 1.74 bits per heavy atom. The number of piperidine rings is 1. The molecule has 0 aromatic heterocycles. The van der Waals surface area contributed by atoms with Crippen LogP contribution in [0.3, 0.4) is 0 Å². The van der Waals surface area contributed by atoms with E-state index in [1.165, 1.54) is 11.3 Å². The van der Waals surface area contributed by atoms with E-state index in [9.17, 15) is 13.2 Å². The van der Waals surface area contributed by atoms with Crippen molar-refractivity contribution in [2.24, 2.45) is 0 Å². The fraction of sp³-hybridized carbons (Fsp3) is 0.435. The Hall–Kier alpha value is -2.58. The van der Waals surface area contributed by atoms with Crippen LogP contribution >= 0.6 is 0 Å². The highest BCUT2D eigenvalue weighted by Gasteiger charge is 2.28. The maximum atomic E-state index is 12.4. The average molecular weight is 443 g/mol. The van der Waals surface area contributed by atoms with Gasteiger partial charge >= 0.3 is 6.03 Å². The first-order valence-electron chi connectivity index (χ1n) is 11.0. The van der Waals surface area contributed by atoms with Crippen molar-refractivity contribution in [1.29, 1.82) is 0 Å². The molecule has 0 bridgehead atoms. The number of nitrogens with one attached hydrogen (secondary N) is 2. The van der Waals surface area contributed by atoms with Crippen molar-refractivity contribution >= 4 is 33.1 Å². The van der Waals surface area contributed by atoms with E-state index in [1.807, 2.05) is 31.2 Å². The van der Waals surface area contributed by atoms with Crippen molar-refractivity contribution in [2.45, 2.75) is 38.6 Å². The summed E-state index contributed by atoms with van der Waals surface area (Å²) in [5.41, 5.74) is 4.44. The highest BCUT2D eigenvalue weighted by atomic mass is 32.2. The lowest BCUT2D eigenvalue weighted by atomic mass is 10.1. The molecule has 2 N–H and O–H groups in total. The molecule has 0 radical (unpaired) electrons. The van der Waals surface area contributed by atoms with Crippen molar-refractivity contribution in [2.75, 3.05) is 35.6 Å². The van der Waals surface area contributed by atoms with E-state index < -0.39 is 10.0 Å². The molecule has 0 saturated carbocycles. The lowest BCUT2D eigenvalue weighted by molar-refractivity contribution is 0.238. The van der Waals surface area contributed by atoms with E-state index in [2.05, 4.69) is 39.8 Å². The summed E-state index contributed by atoms with van der Waals surface area (Å²) < 4.78 is 25.9. The number of benzene rings is 2. The number of hydrogen-bond acceptors (Lipinski definition) is 4. The number of amides is 2. The highest BCUT2D eigenvalue weighted by Crippen LogP contribution is 2.34. The van der Waals surface area contributed by atoms with Gasteiger partial charge in [-0.05, 0) is 61.6 Å². The zero-order chi connectivity index (χ0) is 21.8. The largest absolute Gasteiger partial charge is 0.341 e. The molecule has 0 spiro atoms. The summed E-state index contributed by atoms with van der Waals surface area (Å²) in [7, 11) is -3.16. The van der Waals surface area contributed by atoms with Gasteiger partial charge in [0, 0.05) is 42.7 Å². The Morgan fingerprint density at radius 1 is 1.03 bits per heavy atom. The maximum Gasteiger partial charge on any atom is 0.319 e. The molecule has 0 atom stereocenters. The Kier molecular flexibility index (Phi) is 6.48. The van der Waals surface area contributed by atoms with Crippen LogP contribution in [0.2, 0.25) is 0 Å². The quantitative estimate of drug-likeness (QED) is 0.715. The van der Waals surface area contributed by atoms with Crippen LogP contribution in [0.5, 0.6) is 0 Å². The Morgan fingerprint density at radius 3 is 2.45 bits per heavy atom. The molecular formula is C23H30N4O3S. The van der Waals surface area contributed by atoms with Crippen LogP contribution in [0.4, 0.5) is 21.9 Å². The lowest BCUT2D eigenvalue weighted by Crippen LogP contribution is -2.47. The van der Waals surface area contributed by atoms with Gasteiger partial charge in [0.05, 0.1) is 5.75 Å². The number of anilines is 3. The molecule has 4 rings (SSSR count). The van der Waals surface area contributed by atoms with Gasteiger partial charge < -0.3 is 15.5 Å². The second kappa shape index (κ2) is 9.28. The van der Waals surface area contributed by atoms with Gasteiger partial charge in [0.25, 0.3) is 0 Å². The Bertz CT molecular complexity index is 1020. The van der Waals surface area contributed by atoms with Gasteiger partial charge in [0.15, 0.2) is 0 Å². The van der Waals surface area contributed by atoms with Crippen molar-refractivity contribution < 1.29 is 13.2 Å². The van der Waals surface area contributed by atoms with Gasteiger partial charge in [-0.1, -0.05) is 25.1 Å². The van der Waals surface area contributed by atoms with Crippen LogP contribution in [0.15, 0.2) is 48.5 Å². The fourth-order valence-corrected chi connectivity index (χ4v) is 5.89. The molecule has 2 aromatic rings. The molecule has 7 nitrogen and oxygen atoms in total. The summed E-state index contributed by atoms with van der Waals surface area (Å²) >= 11 is 0. The van der Waals surface area contributed by atoms with Gasteiger partial charge in [-0.25, -0.2) is 17.5 Å². The first-order chi connectivity index (χ1) is 15.0. The van der Waals surface area contributed by atoms with E-state index in [-0.39, 0.29) is 17.8 Å². The van der Waals surface area contributed by atoms with Crippen LogP contribution in [0.1, 0.15) is 31.7 Å². The lowest BCUT2D eigenvalue weighted by Gasteiger charge is -2.31. The summed E-state index contributed by atoms with van der Waals surface area (Å²) in [6.07, 6.45) is 2.91. The number of carbonyl (C=O) groups excluding carboxylic acids is 1. The monoisotopic (exact) mass is 442 g/mol. The molecule has 1 fully saturated rings. The minimum atomic E-state index is -3.16. The number of urea groups is 1. The first-order valence-corrected chi connectivity index (χ1v) is 12.6. The number of para-hydroxylation sites is 1. The zero-order valence-electron chi connectivity index (χ0n) is 17.9. The normalized spacial score (nSPS) is 17.4. The summed E-state index contributed by atoms with van der Waals surface area (Å²) in [5, 5.41) is 5.86. The maximum absolute atomic E-state index is 12.4. The van der Waals surface area contributed by atoms with Crippen LogP contribution in [0.25, 0.3) is 0 Å². The van der Waals surface area contributed by atoms with Crippen LogP contribution in [-0.4, -0.2) is 50.2 Å².